The molecular weight excluding hydrogens is 341 g/mol. The van der Waals surface area contributed by atoms with Crippen molar-refractivity contribution in [3.8, 4) is 0 Å². The molecule has 2 aromatic rings. The Kier molecular flexibility index (Phi) is 4.37. The normalized spacial score (nSPS) is 10.2. The third kappa shape index (κ3) is 3.46. The molecule has 0 aliphatic carbocycles. The fourth-order valence-electron chi connectivity index (χ4n) is 1.85. The number of aromatic carboxylic acids is 1. The summed E-state index contributed by atoms with van der Waals surface area (Å²) in [5, 5.41) is 11.6. The van der Waals surface area contributed by atoms with E-state index in [0.717, 1.165) is 0 Å². The zero-order chi connectivity index (χ0) is 15.6. The second kappa shape index (κ2) is 6.05. The third-order valence-electron chi connectivity index (χ3n) is 2.89. The van der Waals surface area contributed by atoms with Gasteiger partial charge in [-0.05, 0) is 64.8 Å². The Morgan fingerprint density at radius 2 is 1.81 bits per heavy atom. The molecule has 0 aliphatic heterocycles. The van der Waals surface area contributed by atoms with Gasteiger partial charge in [0.05, 0.1) is 11.1 Å². The number of amides is 1. The van der Waals surface area contributed by atoms with Gasteiger partial charge in [-0.3, -0.25) is 4.79 Å². The first kappa shape index (κ1) is 15.2. The van der Waals surface area contributed by atoms with Gasteiger partial charge in [-0.2, -0.15) is 0 Å². The molecule has 6 heteroatoms. The van der Waals surface area contributed by atoms with E-state index >= 15 is 0 Å². The van der Waals surface area contributed by atoms with Crippen LogP contribution in [0.5, 0.6) is 0 Å². The molecule has 108 valence electrons. The molecule has 4 nitrogen and oxygen atoms in total. The predicted molar refractivity (Wildman–Crippen MR) is 80.2 cm³/mol. The Balaban J connectivity index is 2.23. The molecule has 2 aromatic carbocycles. The first-order chi connectivity index (χ1) is 9.88. The van der Waals surface area contributed by atoms with Crippen molar-refractivity contribution in [2.45, 2.75) is 6.92 Å². The molecule has 0 saturated heterocycles. The standard InChI is InChI=1S/C15H11BrFNO3/c1-8-6-10(3-5-11(8)15(20)21)18-14(19)12-4-2-9(17)7-13(12)16/h2-7H,1H3,(H,18,19)(H,20,21). The lowest BCUT2D eigenvalue weighted by Crippen LogP contribution is -2.13. The van der Waals surface area contributed by atoms with Crippen LogP contribution < -0.4 is 5.32 Å². The highest BCUT2D eigenvalue weighted by atomic mass is 79.9. The van der Waals surface area contributed by atoms with Crippen LogP contribution in [0.2, 0.25) is 0 Å². The highest BCUT2D eigenvalue weighted by Gasteiger charge is 2.12. The zero-order valence-electron chi connectivity index (χ0n) is 11.0. The molecule has 0 fully saturated rings. The van der Waals surface area contributed by atoms with E-state index < -0.39 is 17.7 Å². The van der Waals surface area contributed by atoms with Crippen LogP contribution in [0.1, 0.15) is 26.3 Å². The van der Waals surface area contributed by atoms with Gasteiger partial charge in [0, 0.05) is 10.2 Å². The minimum atomic E-state index is -1.02. The molecule has 0 aliphatic rings. The summed E-state index contributed by atoms with van der Waals surface area (Å²) in [6, 6.07) is 8.26. The molecule has 0 aromatic heterocycles. The number of carboxylic acids is 1. The second-order valence-electron chi connectivity index (χ2n) is 4.41. The maximum atomic E-state index is 13.0. The second-order valence-corrected chi connectivity index (χ2v) is 5.27. The highest BCUT2D eigenvalue weighted by Crippen LogP contribution is 2.21. The van der Waals surface area contributed by atoms with Crippen molar-refractivity contribution in [1.82, 2.24) is 0 Å². The largest absolute Gasteiger partial charge is 0.478 e. The minimum Gasteiger partial charge on any atom is -0.478 e. The number of aryl methyl sites for hydroxylation is 1. The van der Waals surface area contributed by atoms with Crippen molar-refractivity contribution in [3.05, 3.63) is 63.4 Å². The molecule has 0 radical (unpaired) electrons. The molecule has 21 heavy (non-hydrogen) atoms. The van der Waals surface area contributed by atoms with E-state index in [1.54, 1.807) is 13.0 Å². The molecule has 2 rings (SSSR count). The first-order valence-corrected chi connectivity index (χ1v) is 6.78. The fourth-order valence-corrected chi connectivity index (χ4v) is 2.38. The molecule has 0 saturated carbocycles. The SMILES string of the molecule is Cc1cc(NC(=O)c2ccc(F)cc2Br)ccc1C(=O)O. The highest BCUT2D eigenvalue weighted by molar-refractivity contribution is 9.10. The number of rotatable bonds is 3. The smallest absolute Gasteiger partial charge is 0.335 e. The van der Waals surface area contributed by atoms with Gasteiger partial charge in [0.15, 0.2) is 0 Å². The Morgan fingerprint density at radius 3 is 2.38 bits per heavy atom. The van der Waals surface area contributed by atoms with Crippen LogP contribution in [0.25, 0.3) is 0 Å². The summed E-state index contributed by atoms with van der Waals surface area (Å²) in [5.74, 6) is -1.88. The lowest BCUT2D eigenvalue weighted by Gasteiger charge is -2.09. The molecule has 2 N–H and O–H groups in total. The number of carbonyl (C=O) groups is 2. The van der Waals surface area contributed by atoms with Crippen LogP contribution in [0.4, 0.5) is 10.1 Å². The van der Waals surface area contributed by atoms with E-state index in [-0.39, 0.29) is 11.1 Å². The number of nitrogens with one attached hydrogen (secondary N) is 1. The topological polar surface area (TPSA) is 66.4 Å². The molecule has 0 spiro atoms. The summed E-state index contributed by atoms with van der Waals surface area (Å²) in [4.78, 5) is 23.0. The van der Waals surface area contributed by atoms with Gasteiger partial charge in [-0.25, -0.2) is 9.18 Å². The summed E-state index contributed by atoms with van der Waals surface area (Å²) < 4.78 is 13.3. The van der Waals surface area contributed by atoms with Crippen LogP contribution in [0.3, 0.4) is 0 Å². The van der Waals surface area contributed by atoms with Crippen molar-refractivity contribution in [2.24, 2.45) is 0 Å². The minimum absolute atomic E-state index is 0.177. The number of carbonyl (C=O) groups excluding carboxylic acids is 1. The Bertz CT molecular complexity index is 731. The molecule has 0 unspecified atom stereocenters. The number of anilines is 1. The Morgan fingerprint density at radius 1 is 1.14 bits per heavy atom. The van der Waals surface area contributed by atoms with Crippen molar-refractivity contribution in [1.29, 1.82) is 0 Å². The van der Waals surface area contributed by atoms with E-state index in [0.29, 0.717) is 15.7 Å². The van der Waals surface area contributed by atoms with Gasteiger partial charge in [-0.15, -0.1) is 0 Å². The monoisotopic (exact) mass is 351 g/mol. The molecule has 0 bridgehead atoms. The van der Waals surface area contributed by atoms with Crippen molar-refractivity contribution in [2.75, 3.05) is 5.32 Å². The van der Waals surface area contributed by atoms with Crippen LogP contribution >= 0.6 is 15.9 Å². The number of hydrogen-bond acceptors (Lipinski definition) is 2. The number of carboxylic acid groups (broad SMARTS) is 1. The van der Waals surface area contributed by atoms with E-state index in [4.69, 9.17) is 5.11 Å². The first-order valence-electron chi connectivity index (χ1n) is 5.99. The molecule has 0 heterocycles. The molecule has 1 amide bonds. The fraction of sp³-hybridized carbons (Fsp3) is 0.0667. The van der Waals surface area contributed by atoms with Crippen LogP contribution in [0, 0.1) is 12.7 Å². The summed E-state index contributed by atoms with van der Waals surface area (Å²) >= 11 is 3.13. The van der Waals surface area contributed by atoms with E-state index in [1.165, 1.54) is 30.3 Å². The van der Waals surface area contributed by atoms with E-state index in [2.05, 4.69) is 21.2 Å². The van der Waals surface area contributed by atoms with E-state index in [9.17, 15) is 14.0 Å². The van der Waals surface area contributed by atoms with Gasteiger partial charge in [0.1, 0.15) is 5.82 Å². The number of benzene rings is 2. The van der Waals surface area contributed by atoms with Gasteiger partial charge in [0.2, 0.25) is 0 Å². The average Bonchev–Trinajstić information content (AvgIpc) is 2.37. The predicted octanol–water partition coefficient (Wildman–Crippen LogP) is 3.85. The molecular formula is C15H11BrFNO3. The van der Waals surface area contributed by atoms with Crippen LogP contribution in [-0.2, 0) is 0 Å². The lowest BCUT2D eigenvalue weighted by atomic mass is 10.1. The maximum absolute atomic E-state index is 13.0. The van der Waals surface area contributed by atoms with Crippen LogP contribution in [-0.4, -0.2) is 17.0 Å². The average molecular weight is 352 g/mol. The zero-order valence-corrected chi connectivity index (χ0v) is 12.6. The maximum Gasteiger partial charge on any atom is 0.335 e. The number of halogens is 2. The quantitative estimate of drug-likeness (QED) is 0.882. The van der Waals surface area contributed by atoms with Gasteiger partial charge in [-0.1, -0.05) is 0 Å². The lowest BCUT2D eigenvalue weighted by molar-refractivity contribution is 0.0696. The van der Waals surface area contributed by atoms with Crippen molar-refractivity contribution >= 4 is 33.5 Å². The van der Waals surface area contributed by atoms with Crippen molar-refractivity contribution in [3.63, 3.8) is 0 Å². The van der Waals surface area contributed by atoms with Gasteiger partial charge in [0.25, 0.3) is 5.91 Å². The summed E-state index contributed by atoms with van der Waals surface area (Å²) in [6.45, 7) is 1.65. The number of hydrogen-bond donors (Lipinski definition) is 2. The molecule has 0 atom stereocenters. The summed E-state index contributed by atoms with van der Waals surface area (Å²) in [6.07, 6.45) is 0. The third-order valence-corrected chi connectivity index (χ3v) is 3.55. The Labute approximate surface area is 128 Å². The van der Waals surface area contributed by atoms with E-state index in [1.807, 2.05) is 0 Å². The van der Waals surface area contributed by atoms with Gasteiger partial charge >= 0.3 is 5.97 Å². The Hall–Kier alpha value is -2.21. The summed E-state index contributed by atoms with van der Waals surface area (Å²) in [7, 11) is 0. The summed E-state index contributed by atoms with van der Waals surface area (Å²) in [5.41, 5.74) is 1.48. The van der Waals surface area contributed by atoms with Gasteiger partial charge < -0.3 is 10.4 Å². The van der Waals surface area contributed by atoms with Crippen molar-refractivity contribution < 1.29 is 19.1 Å². The van der Waals surface area contributed by atoms with Crippen LogP contribution in [0.15, 0.2) is 40.9 Å².